The number of aromatic nitrogens is 1. The molecule has 33 heavy (non-hydrogen) atoms. The van der Waals surface area contributed by atoms with Gasteiger partial charge in [0.1, 0.15) is 5.82 Å². The van der Waals surface area contributed by atoms with Crippen molar-refractivity contribution in [1.82, 2.24) is 9.88 Å². The lowest BCUT2D eigenvalue weighted by atomic mass is 9.86. The van der Waals surface area contributed by atoms with Gasteiger partial charge in [0.2, 0.25) is 0 Å². The van der Waals surface area contributed by atoms with Crippen molar-refractivity contribution >= 4 is 10.9 Å². The number of nitrogens with zero attached hydrogens (tertiary/aromatic N) is 1. The molecular formula is C27H24F4N2. The second-order valence-corrected chi connectivity index (χ2v) is 8.67. The van der Waals surface area contributed by atoms with E-state index >= 15 is 0 Å². The van der Waals surface area contributed by atoms with Crippen molar-refractivity contribution in [1.29, 1.82) is 0 Å². The Morgan fingerprint density at radius 3 is 2.24 bits per heavy atom. The van der Waals surface area contributed by atoms with Gasteiger partial charge in [-0.05, 0) is 84.9 Å². The second kappa shape index (κ2) is 8.67. The molecule has 0 aliphatic carbocycles. The third-order valence-corrected chi connectivity index (χ3v) is 6.62. The summed E-state index contributed by atoms with van der Waals surface area (Å²) >= 11 is 0. The number of aromatic amines is 1. The van der Waals surface area contributed by atoms with Crippen LogP contribution in [0.3, 0.4) is 0 Å². The average molecular weight is 452 g/mol. The normalized spacial score (nSPS) is 15.9. The molecule has 1 aliphatic heterocycles. The Kier molecular flexibility index (Phi) is 5.71. The van der Waals surface area contributed by atoms with Crippen LogP contribution in [0.1, 0.15) is 35.4 Å². The van der Waals surface area contributed by atoms with Crippen LogP contribution >= 0.6 is 0 Å². The van der Waals surface area contributed by atoms with Gasteiger partial charge in [0.05, 0.1) is 11.3 Å². The first kappa shape index (κ1) is 21.7. The zero-order valence-corrected chi connectivity index (χ0v) is 18.0. The molecule has 1 fully saturated rings. The smallest absolute Gasteiger partial charge is 0.354 e. The predicted molar refractivity (Wildman–Crippen MR) is 122 cm³/mol. The van der Waals surface area contributed by atoms with Gasteiger partial charge < -0.3 is 4.98 Å². The number of para-hydroxylation sites is 1. The maximum atomic E-state index is 13.5. The lowest BCUT2D eigenvalue weighted by Crippen LogP contribution is -2.33. The van der Waals surface area contributed by atoms with Gasteiger partial charge in [0.15, 0.2) is 0 Å². The maximum absolute atomic E-state index is 13.5. The lowest BCUT2D eigenvalue weighted by Gasteiger charge is -2.33. The van der Waals surface area contributed by atoms with Gasteiger partial charge in [-0.15, -0.1) is 0 Å². The van der Waals surface area contributed by atoms with Gasteiger partial charge in [-0.1, -0.05) is 36.4 Å². The summed E-state index contributed by atoms with van der Waals surface area (Å²) in [6.07, 6.45) is -2.97. The molecule has 1 aromatic heterocycles. The number of alkyl halides is 3. The summed E-state index contributed by atoms with van der Waals surface area (Å²) < 4.78 is 53.9. The predicted octanol–water partition coefficient (Wildman–Crippen LogP) is 7.37. The molecule has 2 heterocycles. The third-order valence-electron chi connectivity index (χ3n) is 6.62. The van der Waals surface area contributed by atoms with Gasteiger partial charge in [0.25, 0.3) is 0 Å². The molecule has 0 atom stereocenters. The Morgan fingerprint density at radius 2 is 1.52 bits per heavy atom. The standard InChI is InChI=1S/C27H24F4N2/c28-20-11-9-19(10-12-20)26-23(22-6-2-4-8-25(22)32-26)17-33-15-13-18(14-16-33)21-5-1-3-7-24(21)27(29,30)31/h1-12,18,32H,13-17H2. The zero-order chi connectivity index (χ0) is 23.0. The number of rotatable bonds is 4. The Bertz CT molecular complexity index is 1250. The van der Waals surface area contributed by atoms with E-state index in [0.29, 0.717) is 24.9 Å². The Hall–Kier alpha value is -3.12. The van der Waals surface area contributed by atoms with Gasteiger partial charge >= 0.3 is 6.18 Å². The first-order valence-electron chi connectivity index (χ1n) is 11.1. The summed E-state index contributed by atoms with van der Waals surface area (Å²) in [4.78, 5) is 5.78. The fraction of sp³-hybridized carbons (Fsp3) is 0.259. The highest BCUT2D eigenvalue weighted by Gasteiger charge is 2.35. The Labute approximate surface area is 189 Å². The van der Waals surface area contributed by atoms with Crippen molar-refractivity contribution < 1.29 is 17.6 Å². The van der Waals surface area contributed by atoms with Crippen molar-refractivity contribution in [2.45, 2.75) is 31.5 Å². The van der Waals surface area contributed by atoms with Crippen molar-refractivity contribution in [3.63, 3.8) is 0 Å². The summed E-state index contributed by atoms with van der Waals surface area (Å²) in [5, 5.41) is 1.11. The minimum atomic E-state index is -4.33. The quantitative estimate of drug-likeness (QED) is 0.320. The number of nitrogens with one attached hydrogen (secondary N) is 1. The molecule has 170 valence electrons. The van der Waals surface area contributed by atoms with Gasteiger partial charge in [0, 0.05) is 17.4 Å². The number of hydrogen-bond donors (Lipinski definition) is 1. The van der Waals surface area contributed by atoms with Crippen LogP contribution in [0.15, 0.2) is 72.8 Å². The largest absolute Gasteiger partial charge is 0.416 e. The van der Waals surface area contributed by atoms with Crippen molar-refractivity contribution in [3.05, 3.63) is 95.3 Å². The number of hydrogen-bond acceptors (Lipinski definition) is 1. The molecule has 0 spiro atoms. The summed E-state index contributed by atoms with van der Waals surface area (Å²) in [6, 6.07) is 20.4. The van der Waals surface area contributed by atoms with Crippen molar-refractivity contribution in [3.8, 4) is 11.3 Å². The third kappa shape index (κ3) is 4.40. The van der Waals surface area contributed by atoms with Crippen LogP contribution in [0.25, 0.3) is 22.2 Å². The average Bonchev–Trinajstić information content (AvgIpc) is 3.18. The van der Waals surface area contributed by atoms with E-state index in [4.69, 9.17) is 0 Å². The topological polar surface area (TPSA) is 19.0 Å². The molecule has 3 aromatic carbocycles. The number of likely N-dealkylation sites (tertiary alicyclic amines) is 1. The second-order valence-electron chi connectivity index (χ2n) is 8.67. The molecule has 5 rings (SSSR count). The number of benzene rings is 3. The molecule has 0 bridgehead atoms. The van der Waals surface area contributed by atoms with E-state index in [1.54, 1.807) is 24.3 Å². The Morgan fingerprint density at radius 1 is 0.848 bits per heavy atom. The molecular weight excluding hydrogens is 428 g/mol. The van der Waals surface area contributed by atoms with Crippen LogP contribution in [0.2, 0.25) is 0 Å². The molecule has 1 N–H and O–H groups in total. The van der Waals surface area contributed by atoms with Crippen LogP contribution in [-0.2, 0) is 12.7 Å². The van der Waals surface area contributed by atoms with Crippen LogP contribution < -0.4 is 0 Å². The van der Waals surface area contributed by atoms with Crippen LogP contribution in [-0.4, -0.2) is 23.0 Å². The summed E-state index contributed by atoms with van der Waals surface area (Å²) in [7, 11) is 0. The van der Waals surface area contributed by atoms with E-state index in [0.717, 1.165) is 40.8 Å². The van der Waals surface area contributed by atoms with E-state index in [1.165, 1.54) is 24.3 Å². The molecule has 4 aromatic rings. The van der Waals surface area contributed by atoms with Gasteiger partial charge in [-0.25, -0.2) is 4.39 Å². The highest BCUT2D eigenvalue weighted by atomic mass is 19.4. The molecule has 1 saturated heterocycles. The van der Waals surface area contributed by atoms with Crippen molar-refractivity contribution in [2.24, 2.45) is 0 Å². The molecule has 0 saturated carbocycles. The van der Waals surface area contributed by atoms with E-state index in [-0.39, 0.29) is 11.7 Å². The summed E-state index contributed by atoms with van der Waals surface area (Å²) in [5.41, 5.74) is 3.91. The fourth-order valence-electron chi connectivity index (χ4n) is 4.96. The van der Waals surface area contributed by atoms with E-state index in [1.807, 2.05) is 18.2 Å². The number of H-pyrrole nitrogens is 1. The maximum Gasteiger partial charge on any atom is 0.416 e. The SMILES string of the molecule is Fc1ccc(-c2[nH]c3ccccc3c2CN2CCC(c3ccccc3C(F)(F)F)CC2)cc1. The van der Waals surface area contributed by atoms with Crippen LogP contribution in [0, 0.1) is 5.82 Å². The highest BCUT2D eigenvalue weighted by molar-refractivity contribution is 5.90. The fourth-order valence-corrected chi connectivity index (χ4v) is 4.96. The minimum absolute atomic E-state index is 0.0985. The van der Waals surface area contributed by atoms with E-state index < -0.39 is 11.7 Å². The molecule has 0 unspecified atom stereocenters. The van der Waals surface area contributed by atoms with Crippen LogP contribution in [0.4, 0.5) is 17.6 Å². The molecule has 2 nitrogen and oxygen atoms in total. The van der Waals surface area contributed by atoms with Crippen LogP contribution in [0.5, 0.6) is 0 Å². The van der Waals surface area contributed by atoms with Crippen molar-refractivity contribution in [2.75, 3.05) is 13.1 Å². The van der Waals surface area contributed by atoms with Gasteiger partial charge in [-0.3, -0.25) is 4.90 Å². The van der Waals surface area contributed by atoms with E-state index in [2.05, 4.69) is 16.0 Å². The monoisotopic (exact) mass is 452 g/mol. The minimum Gasteiger partial charge on any atom is -0.354 e. The molecule has 1 aliphatic rings. The molecule has 6 heteroatoms. The first-order valence-corrected chi connectivity index (χ1v) is 11.1. The Balaban J connectivity index is 1.38. The molecule has 0 amide bonds. The zero-order valence-electron chi connectivity index (χ0n) is 18.0. The van der Waals surface area contributed by atoms with Gasteiger partial charge in [-0.2, -0.15) is 13.2 Å². The number of piperidine rings is 1. The molecule has 0 radical (unpaired) electrons. The number of halogens is 4. The number of fused-ring (bicyclic) bond motifs is 1. The first-order chi connectivity index (χ1) is 15.9. The lowest BCUT2D eigenvalue weighted by molar-refractivity contribution is -0.138. The van der Waals surface area contributed by atoms with E-state index in [9.17, 15) is 17.6 Å². The summed E-state index contributed by atoms with van der Waals surface area (Å²) in [5.74, 6) is -0.378. The summed E-state index contributed by atoms with van der Waals surface area (Å²) in [6.45, 7) is 2.13. The highest BCUT2D eigenvalue weighted by Crippen LogP contribution is 2.39.